The van der Waals surface area contributed by atoms with Crippen LogP contribution in [0.3, 0.4) is 0 Å². The van der Waals surface area contributed by atoms with E-state index in [2.05, 4.69) is 21.0 Å². The van der Waals surface area contributed by atoms with Crippen molar-refractivity contribution < 1.29 is 9.21 Å². The van der Waals surface area contributed by atoms with E-state index in [1.54, 1.807) is 23.0 Å². The first-order valence-corrected chi connectivity index (χ1v) is 5.83. The van der Waals surface area contributed by atoms with Crippen molar-refractivity contribution in [1.29, 1.82) is 0 Å². The van der Waals surface area contributed by atoms with Gasteiger partial charge >= 0.3 is 0 Å². The van der Waals surface area contributed by atoms with Crippen molar-refractivity contribution in [3.63, 3.8) is 0 Å². The summed E-state index contributed by atoms with van der Waals surface area (Å²) in [7, 11) is 0. The highest BCUT2D eigenvalue weighted by Gasteiger charge is 2.18. The highest BCUT2D eigenvalue weighted by atomic mass is 79.9. The van der Waals surface area contributed by atoms with Crippen molar-refractivity contribution in [2.24, 2.45) is 0 Å². The van der Waals surface area contributed by atoms with Crippen LogP contribution in [0.1, 0.15) is 29.4 Å². The summed E-state index contributed by atoms with van der Waals surface area (Å²) in [5.41, 5.74) is 1.11. The lowest BCUT2D eigenvalue weighted by atomic mass is 10.1. The predicted octanol–water partition coefficient (Wildman–Crippen LogP) is 2.88. The molecule has 4 nitrogen and oxygen atoms in total. The van der Waals surface area contributed by atoms with Gasteiger partial charge < -0.3 is 4.42 Å². The van der Waals surface area contributed by atoms with E-state index in [4.69, 9.17) is 4.42 Å². The Hall–Kier alpha value is -1.36. The van der Waals surface area contributed by atoms with Gasteiger partial charge in [0, 0.05) is 12.7 Å². The average molecular weight is 283 g/mol. The van der Waals surface area contributed by atoms with Crippen molar-refractivity contribution in [3.05, 3.63) is 40.5 Å². The van der Waals surface area contributed by atoms with Crippen molar-refractivity contribution >= 4 is 21.7 Å². The number of aryl methyl sites for hydroxylation is 1. The number of carbonyl (C=O) groups is 1. The van der Waals surface area contributed by atoms with E-state index in [0.29, 0.717) is 15.9 Å². The van der Waals surface area contributed by atoms with Crippen LogP contribution in [-0.2, 0) is 6.54 Å². The van der Waals surface area contributed by atoms with Gasteiger partial charge in [-0.25, -0.2) is 0 Å². The number of furan rings is 1. The summed E-state index contributed by atoms with van der Waals surface area (Å²) in [5.74, 6) is -0.0772. The van der Waals surface area contributed by atoms with Crippen LogP contribution in [0.25, 0.3) is 0 Å². The highest BCUT2D eigenvalue weighted by Crippen LogP contribution is 2.20. The molecule has 0 spiro atoms. The molecule has 0 radical (unpaired) electrons. The van der Waals surface area contributed by atoms with Crippen LogP contribution in [0.5, 0.6) is 0 Å². The number of carbonyl (C=O) groups excluding carboxylic acids is 1. The lowest BCUT2D eigenvalue weighted by Crippen LogP contribution is -2.11. The Bertz CT molecular complexity index is 502. The minimum Gasteiger partial charge on any atom is -0.457 e. The molecule has 0 saturated heterocycles. The Balaban J connectivity index is 2.34. The molecule has 2 aromatic heterocycles. The number of aromatic nitrogens is 2. The molecular formula is C11H11BrN2O2. The number of hydrogen-bond acceptors (Lipinski definition) is 3. The van der Waals surface area contributed by atoms with Gasteiger partial charge in [0.25, 0.3) is 0 Å². The van der Waals surface area contributed by atoms with Crippen LogP contribution in [0.15, 0.2) is 33.7 Å². The lowest BCUT2D eigenvalue weighted by Gasteiger charge is -2.03. The molecule has 0 atom stereocenters. The molecule has 84 valence electrons. The Kier molecular flexibility index (Phi) is 3.24. The van der Waals surface area contributed by atoms with E-state index in [-0.39, 0.29) is 5.78 Å². The summed E-state index contributed by atoms with van der Waals surface area (Å²) in [6, 6.07) is 3.37. The fraction of sp³-hybridized carbons (Fsp3) is 0.273. The van der Waals surface area contributed by atoms with Crippen LogP contribution in [0.2, 0.25) is 0 Å². The SMILES string of the molecule is CCCn1nccc1C(=O)c1ccoc1Br. The number of ketones is 1. The van der Waals surface area contributed by atoms with Gasteiger partial charge in [0.05, 0.1) is 11.8 Å². The smallest absolute Gasteiger partial charge is 0.215 e. The van der Waals surface area contributed by atoms with Gasteiger partial charge in [0.1, 0.15) is 5.69 Å². The molecule has 0 saturated carbocycles. The number of rotatable bonds is 4. The third kappa shape index (κ3) is 1.95. The van der Waals surface area contributed by atoms with Crippen molar-refractivity contribution in [1.82, 2.24) is 9.78 Å². The molecule has 0 aliphatic heterocycles. The summed E-state index contributed by atoms with van der Waals surface area (Å²) in [6.45, 7) is 2.78. The molecule has 0 amide bonds. The molecule has 16 heavy (non-hydrogen) atoms. The second kappa shape index (κ2) is 4.65. The van der Waals surface area contributed by atoms with E-state index in [1.807, 2.05) is 6.92 Å². The fourth-order valence-corrected chi connectivity index (χ4v) is 1.93. The highest BCUT2D eigenvalue weighted by molar-refractivity contribution is 9.10. The van der Waals surface area contributed by atoms with Gasteiger partial charge in [-0.15, -0.1) is 0 Å². The lowest BCUT2D eigenvalue weighted by molar-refractivity contribution is 0.102. The number of hydrogen-bond donors (Lipinski definition) is 0. The normalized spacial score (nSPS) is 10.6. The van der Waals surface area contributed by atoms with Crippen LogP contribution in [0, 0.1) is 0 Å². The quantitative estimate of drug-likeness (QED) is 0.810. The van der Waals surface area contributed by atoms with Crippen molar-refractivity contribution in [2.45, 2.75) is 19.9 Å². The summed E-state index contributed by atoms with van der Waals surface area (Å²) in [6.07, 6.45) is 4.06. The summed E-state index contributed by atoms with van der Waals surface area (Å²) in [4.78, 5) is 12.1. The van der Waals surface area contributed by atoms with E-state index in [1.165, 1.54) is 6.26 Å². The van der Waals surface area contributed by atoms with Crippen molar-refractivity contribution in [2.75, 3.05) is 0 Å². The van der Waals surface area contributed by atoms with Gasteiger partial charge in [-0.05, 0) is 34.5 Å². The Morgan fingerprint density at radius 2 is 2.38 bits per heavy atom. The minimum atomic E-state index is -0.0772. The standard InChI is InChI=1S/C11H11BrN2O2/c1-2-6-14-9(3-5-13-14)10(15)8-4-7-16-11(8)12/h3-5,7H,2,6H2,1H3. The van der Waals surface area contributed by atoms with Gasteiger partial charge in [0.15, 0.2) is 4.67 Å². The van der Waals surface area contributed by atoms with Crippen LogP contribution in [-0.4, -0.2) is 15.6 Å². The maximum atomic E-state index is 12.1. The van der Waals surface area contributed by atoms with Crippen LogP contribution >= 0.6 is 15.9 Å². The van der Waals surface area contributed by atoms with Gasteiger partial charge in [-0.2, -0.15) is 5.10 Å². The van der Waals surface area contributed by atoms with E-state index in [9.17, 15) is 4.79 Å². The number of halogens is 1. The van der Waals surface area contributed by atoms with E-state index >= 15 is 0 Å². The summed E-state index contributed by atoms with van der Waals surface area (Å²) < 4.78 is 7.22. The second-order valence-corrected chi connectivity index (χ2v) is 4.10. The molecule has 0 unspecified atom stereocenters. The zero-order valence-corrected chi connectivity index (χ0v) is 10.4. The Morgan fingerprint density at radius 1 is 1.56 bits per heavy atom. The largest absolute Gasteiger partial charge is 0.457 e. The van der Waals surface area contributed by atoms with Gasteiger partial charge in [-0.3, -0.25) is 9.48 Å². The molecule has 0 aromatic carbocycles. The molecule has 0 N–H and O–H groups in total. The topological polar surface area (TPSA) is 48.0 Å². The van der Waals surface area contributed by atoms with Crippen LogP contribution in [0.4, 0.5) is 0 Å². The van der Waals surface area contributed by atoms with Crippen LogP contribution < -0.4 is 0 Å². The average Bonchev–Trinajstić information content (AvgIpc) is 2.87. The molecular weight excluding hydrogens is 272 g/mol. The molecule has 0 aliphatic carbocycles. The van der Waals surface area contributed by atoms with Gasteiger partial charge in [0.2, 0.25) is 5.78 Å². The third-order valence-electron chi connectivity index (χ3n) is 2.25. The van der Waals surface area contributed by atoms with Gasteiger partial charge in [-0.1, -0.05) is 6.92 Å². The monoisotopic (exact) mass is 282 g/mol. The first kappa shape index (κ1) is 11.1. The predicted molar refractivity (Wildman–Crippen MR) is 62.4 cm³/mol. The Labute approximate surface area is 101 Å². The zero-order chi connectivity index (χ0) is 11.5. The zero-order valence-electron chi connectivity index (χ0n) is 8.81. The maximum absolute atomic E-state index is 12.1. The molecule has 0 aliphatic rings. The Morgan fingerprint density at radius 3 is 3.00 bits per heavy atom. The van der Waals surface area contributed by atoms with E-state index in [0.717, 1.165) is 13.0 Å². The minimum absolute atomic E-state index is 0.0772. The molecule has 2 aromatic rings. The summed E-state index contributed by atoms with van der Waals surface area (Å²) >= 11 is 3.20. The maximum Gasteiger partial charge on any atom is 0.215 e. The van der Waals surface area contributed by atoms with E-state index < -0.39 is 0 Å². The molecule has 0 bridgehead atoms. The summed E-state index contributed by atoms with van der Waals surface area (Å²) in [5, 5.41) is 4.12. The fourth-order valence-electron chi connectivity index (χ4n) is 1.51. The molecule has 5 heteroatoms. The second-order valence-electron chi connectivity index (χ2n) is 3.38. The van der Waals surface area contributed by atoms with Crippen molar-refractivity contribution in [3.8, 4) is 0 Å². The third-order valence-corrected chi connectivity index (χ3v) is 2.86. The molecule has 0 fully saturated rings. The molecule has 2 heterocycles. The number of nitrogens with zero attached hydrogens (tertiary/aromatic N) is 2. The first-order chi connectivity index (χ1) is 7.74. The molecule has 2 rings (SSSR count). The first-order valence-electron chi connectivity index (χ1n) is 5.03.